The molecule has 0 saturated carbocycles. The highest BCUT2D eigenvalue weighted by Gasteiger charge is 2.09. The van der Waals surface area contributed by atoms with Gasteiger partial charge < -0.3 is 10.1 Å². The number of benzene rings is 2. The standard InChI is InChI=1S/C23H25N3O3/c1-16-6-4-7-17(2)23(16)24-21(27)8-5-15-26-22(28)14-13-20(25-26)18-9-11-19(29-3)12-10-18/h4,6-7,9-14H,5,8,15H2,1-3H3,(H,24,27). The molecule has 0 aliphatic carbocycles. The number of rotatable bonds is 7. The highest BCUT2D eigenvalue weighted by molar-refractivity contribution is 5.92. The SMILES string of the molecule is COc1ccc(-c2ccc(=O)n(CCCC(=O)Nc3c(C)cccc3C)n2)cc1. The predicted molar refractivity (Wildman–Crippen MR) is 114 cm³/mol. The summed E-state index contributed by atoms with van der Waals surface area (Å²) >= 11 is 0. The first-order valence-corrected chi connectivity index (χ1v) is 9.56. The van der Waals surface area contributed by atoms with Gasteiger partial charge in [-0.2, -0.15) is 5.10 Å². The average Bonchev–Trinajstić information content (AvgIpc) is 2.72. The molecule has 0 atom stereocenters. The van der Waals surface area contributed by atoms with Gasteiger partial charge in [0.25, 0.3) is 5.56 Å². The summed E-state index contributed by atoms with van der Waals surface area (Å²) in [4.78, 5) is 24.4. The second-order valence-electron chi connectivity index (χ2n) is 6.93. The van der Waals surface area contributed by atoms with Crippen LogP contribution in [0.15, 0.2) is 59.4 Å². The van der Waals surface area contributed by atoms with Crippen molar-refractivity contribution in [2.45, 2.75) is 33.2 Å². The van der Waals surface area contributed by atoms with E-state index in [1.807, 2.05) is 56.3 Å². The van der Waals surface area contributed by atoms with E-state index in [0.717, 1.165) is 28.1 Å². The van der Waals surface area contributed by atoms with Crippen molar-refractivity contribution in [3.8, 4) is 17.0 Å². The number of carbonyl (C=O) groups excluding carboxylic acids is 1. The molecule has 0 bridgehead atoms. The normalized spacial score (nSPS) is 10.6. The van der Waals surface area contributed by atoms with Crippen molar-refractivity contribution in [3.63, 3.8) is 0 Å². The van der Waals surface area contributed by atoms with Crippen molar-refractivity contribution in [2.24, 2.45) is 0 Å². The van der Waals surface area contributed by atoms with Crippen LogP contribution in [-0.4, -0.2) is 22.8 Å². The van der Waals surface area contributed by atoms with Gasteiger partial charge in [-0.05, 0) is 61.7 Å². The Kier molecular flexibility index (Phi) is 6.44. The number of ether oxygens (including phenoxy) is 1. The molecule has 1 heterocycles. The average molecular weight is 391 g/mol. The van der Waals surface area contributed by atoms with Crippen LogP contribution in [0.1, 0.15) is 24.0 Å². The van der Waals surface area contributed by atoms with E-state index >= 15 is 0 Å². The fraction of sp³-hybridized carbons (Fsp3) is 0.261. The van der Waals surface area contributed by atoms with Crippen LogP contribution in [-0.2, 0) is 11.3 Å². The van der Waals surface area contributed by atoms with Gasteiger partial charge in [0.2, 0.25) is 5.91 Å². The van der Waals surface area contributed by atoms with Gasteiger partial charge in [-0.3, -0.25) is 9.59 Å². The Labute approximate surface area is 170 Å². The third kappa shape index (κ3) is 5.10. The number of methoxy groups -OCH3 is 1. The van der Waals surface area contributed by atoms with E-state index in [9.17, 15) is 9.59 Å². The molecule has 0 fully saturated rings. The van der Waals surface area contributed by atoms with Gasteiger partial charge >= 0.3 is 0 Å². The monoisotopic (exact) mass is 391 g/mol. The van der Waals surface area contributed by atoms with E-state index in [2.05, 4.69) is 10.4 Å². The number of nitrogens with one attached hydrogen (secondary N) is 1. The maximum atomic E-state index is 12.3. The summed E-state index contributed by atoms with van der Waals surface area (Å²) in [5.74, 6) is 0.693. The molecule has 0 spiro atoms. The zero-order valence-electron chi connectivity index (χ0n) is 16.9. The van der Waals surface area contributed by atoms with Gasteiger partial charge in [0, 0.05) is 30.3 Å². The minimum Gasteiger partial charge on any atom is -0.497 e. The van der Waals surface area contributed by atoms with Crippen LogP contribution >= 0.6 is 0 Å². The number of hydrogen-bond donors (Lipinski definition) is 1. The van der Waals surface area contributed by atoms with E-state index in [4.69, 9.17) is 4.74 Å². The van der Waals surface area contributed by atoms with Crippen LogP contribution in [0.2, 0.25) is 0 Å². The predicted octanol–water partition coefficient (Wildman–Crippen LogP) is 3.95. The second-order valence-corrected chi connectivity index (χ2v) is 6.93. The molecule has 0 radical (unpaired) electrons. The summed E-state index contributed by atoms with van der Waals surface area (Å²) < 4.78 is 6.58. The fourth-order valence-electron chi connectivity index (χ4n) is 3.13. The third-order valence-corrected chi connectivity index (χ3v) is 4.77. The van der Waals surface area contributed by atoms with Crippen LogP contribution in [0.5, 0.6) is 5.75 Å². The Hall–Kier alpha value is -3.41. The molecular formula is C23H25N3O3. The summed E-state index contributed by atoms with van der Waals surface area (Å²) in [5, 5.41) is 7.41. The molecule has 0 unspecified atom stereocenters. The van der Waals surface area contributed by atoms with Crippen molar-refractivity contribution in [3.05, 3.63) is 76.1 Å². The number of nitrogens with zero attached hydrogens (tertiary/aromatic N) is 2. The maximum Gasteiger partial charge on any atom is 0.266 e. The summed E-state index contributed by atoms with van der Waals surface area (Å²) in [6, 6.07) is 16.6. The first kappa shape index (κ1) is 20.3. The Balaban J connectivity index is 1.63. The fourth-order valence-corrected chi connectivity index (χ4v) is 3.13. The van der Waals surface area contributed by atoms with Crippen molar-refractivity contribution in [1.82, 2.24) is 9.78 Å². The molecular weight excluding hydrogens is 366 g/mol. The molecule has 150 valence electrons. The summed E-state index contributed by atoms with van der Waals surface area (Å²) in [6.07, 6.45) is 0.838. The number of aryl methyl sites for hydroxylation is 3. The highest BCUT2D eigenvalue weighted by Crippen LogP contribution is 2.20. The van der Waals surface area contributed by atoms with E-state index in [1.165, 1.54) is 10.7 Å². The molecule has 1 aromatic heterocycles. The lowest BCUT2D eigenvalue weighted by Gasteiger charge is -2.12. The van der Waals surface area contributed by atoms with Gasteiger partial charge in [-0.15, -0.1) is 0 Å². The third-order valence-electron chi connectivity index (χ3n) is 4.77. The van der Waals surface area contributed by atoms with Gasteiger partial charge in [-0.25, -0.2) is 4.68 Å². The molecule has 1 N–H and O–H groups in total. The first-order chi connectivity index (χ1) is 14.0. The summed E-state index contributed by atoms with van der Waals surface area (Å²) in [7, 11) is 1.62. The second kappa shape index (κ2) is 9.19. The molecule has 3 aromatic rings. The first-order valence-electron chi connectivity index (χ1n) is 9.56. The molecule has 6 nitrogen and oxygen atoms in total. The molecule has 6 heteroatoms. The number of anilines is 1. The van der Waals surface area contributed by atoms with Gasteiger partial charge in [0.1, 0.15) is 5.75 Å². The van der Waals surface area contributed by atoms with Gasteiger partial charge in [-0.1, -0.05) is 18.2 Å². The van der Waals surface area contributed by atoms with Crippen LogP contribution in [0.25, 0.3) is 11.3 Å². The minimum absolute atomic E-state index is 0.0678. The van der Waals surface area contributed by atoms with Gasteiger partial charge in [0.05, 0.1) is 12.8 Å². The minimum atomic E-state index is -0.183. The zero-order valence-corrected chi connectivity index (χ0v) is 16.9. The van der Waals surface area contributed by atoms with Crippen molar-refractivity contribution in [2.75, 3.05) is 12.4 Å². The van der Waals surface area contributed by atoms with Crippen molar-refractivity contribution >= 4 is 11.6 Å². The zero-order chi connectivity index (χ0) is 20.8. The van der Waals surface area contributed by atoms with Crippen LogP contribution in [0.3, 0.4) is 0 Å². The largest absolute Gasteiger partial charge is 0.497 e. The van der Waals surface area contributed by atoms with Crippen LogP contribution < -0.4 is 15.6 Å². The molecule has 1 amide bonds. The van der Waals surface area contributed by atoms with Crippen LogP contribution in [0.4, 0.5) is 5.69 Å². The number of carbonyl (C=O) groups is 1. The topological polar surface area (TPSA) is 73.2 Å². The number of amides is 1. The lowest BCUT2D eigenvalue weighted by molar-refractivity contribution is -0.116. The maximum absolute atomic E-state index is 12.3. The lowest BCUT2D eigenvalue weighted by Crippen LogP contribution is -2.23. The molecule has 0 aliphatic heterocycles. The molecule has 3 rings (SSSR count). The molecule has 29 heavy (non-hydrogen) atoms. The van der Waals surface area contributed by atoms with Gasteiger partial charge in [0.15, 0.2) is 0 Å². The van der Waals surface area contributed by atoms with E-state index in [0.29, 0.717) is 25.1 Å². The van der Waals surface area contributed by atoms with Crippen LogP contribution in [0, 0.1) is 13.8 Å². The smallest absolute Gasteiger partial charge is 0.266 e. The van der Waals surface area contributed by atoms with E-state index in [1.54, 1.807) is 13.2 Å². The lowest BCUT2D eigenvalue weighted by atomic mass is 10.1. The Morgan fingerprint density at radius 2 is 1.72 bits per heavy atom. The molecule has 2 aromatic carbocycles. The molecule has 0 aliphatic rings. The summed E-state index contributed by atoms with van der Waals surface area (Å²) in [5.41, 5.74) is 4.33. The highest BCUT2D eigenvalue weighted by atomic mass is 16.5. The Morgan fingerprint density at radius 1 is 1.03 bits per heavy atom. The number of hydrogen-bond acceptors (Lipinski definition) is 4. The number of aromatic nitrogens is 2. The Morgan fingerprint density at radius 3 is 2.38 bits per heavy atom. The quantitative estimate of drug-likeness (QED) is 0.662. The Bertz CT molecular complexity index is 1040. The summed E-state index contributed by atoms with van der Waals surface area (Å²) in [6.45, 7) is 4.32. The van der Waals surface area contributed by atoms with Crippen molar-refractivity contribution in [1.29, 1.82) is 0 Å². The molecule has 0 saturated heterocycles. The van der Waals surface area contributed by atoms with E-state index in [-0.39, 0.29) is 11.5 Å². The van der Waals surface area contributed by atoms with Crippen molar-refractivity contribution < 1.29 is 9.53 Å². The number of para-hydroxylation sites is 1. The van der Waals surface area contributed by atoms with E-state index < -0.39 is 0 Å².